The summed E-state index contributed by atoms with van der Waals surface area (Å²) in [6, 6.07) is 8.53. The molecule has 1 aromatic carbocycles. The Hall–Kier alpha value is -2.47. The summed E-state index contributed by atoms with van der Waals surface area (Å²) >= 11 is 1.48. The fraction of sp³-hybridized carbons (Fsp3) is 0.458. The number of carbonyl (C=O) groups excluding carboxylic acids is 1. The van der Waals surface area contributed by atoms with Crippen LogP contribution in [0.4, 0.5) is 0 Å². The first-order valence-electron chi connectivity index (χ1n) is 10.9. The summed E-state index contributed by atoms with van der Waals surface area (Å²) in [4.78, 5) is 33.8. The molecule has 1 saturated carbocycles. The van der Waals surface area contributed by atoms with Crippen molar-refractivity contribution in [2.45, 2.75) is 58.0 Å². The van der Waals surface area contributed by atoms with Crippen LogP contribution in [0.25, 0.3) is 21.3 Å². The number of fused-ring (bicyclic) bond motifs is 2. The van der Waals surface area contributed by atoms with Crippen LogP contribution >= 0.6 is 11.3 Å². The molecule has 1 aliphatic heterocycles. The maximum atomic E-state index is 13.3. The first kappa shape index (κ1) is 19.5. The van der Waals surface area contributed by atoms with E-state index in [1.807, 2.05) is 36.6 Å². The Balaban J connectivity index is 1.45. The van der Waals surface area contributed by atoms with Crippen molar-refractivity contribution in [1.29, 1.82) is 0 Å². The molecule has 2 atom stereocenters. The van der Waals surface area contributed by atoms with Crippen LogP contribution in [0.1, 0.15) is 44.1 Å². The first-order valence-corrected chi connectivity index (χ1v) is 11.8. The van der Waals surface area contributed by atoms with Crippen molar-refractivity contribution in [3.63, 3.8) is 0 Å². The average Bonchev–Trinajstić information content (AvgIpc) is 3.20. The second-order valence-electron chi connectivity index (χ2n) is 8.71. The largest absolute Gasteiger partial charge is 0.338 e. The Morgan fingerprint density at radius 1 is 1.13 bits per heavy atom. The molecule has 156 valence electrons. The summed E-state index contributed by atoms with van der Waals surface area (Å²) in [5.74, 6) is 0.695. The number of likely N-dealkylation sites (tertiary alicyclic amines) is 1. The van der Waals surface area contributed by atoms with Crippen molar-refractivity contribution in [1.82, 2.24) is 14.5 Å². The van der Waals surface area contributed by atoms with Crippen molar-refractivity contribution in [2.24, 2.45) is 5.92 Å². The summed E-state index contributed by atoms with van der Waals surface area (Å²) in [6.45, 7) is 2.94. The lowest BCUT2D eigenvalue weighted by molar-refractivity contribution is -0.138. The molecule has 3 heterocycles. The first-order chi connectivity index (χ1) is 14.6. The van der Waals surface area contributed by atoms with Crippen molar-refractivity contribution in [3.05, 3.63) is 51.9 Å². The molecule has 30 heavy (non-hydrogen) atoms. The number of benzene rings is 1. The van der Waals surface area contributed by atoms with Gasteiger partial charge in [-0.05, 0) is 44.1 Å². The summed E-state index contributed by atoms with van der Waals surface area (Å²) in [6.07, 6.45) is 8.66. The Bertz CT molecular complexity index is 1130. The van der Waals surface area contributed by atoms with Gasteiger partial charge in [-0.25, -0.2) is 4.98 Å². The lowest BCUT2D eigenvalue weighted by Gasteiger charge is -2.44. The van der Waals surface area contributed by atoms with Crippen LogP contribution in [0.5, 0.6) is 0 Å². The molecule has 0 unspecified atom stereocenters. The normalized spacial score (nSPS) is 21.6. The number of rotatable bonds is 3. The Morgan fingerprint density at radius 2 is 1.90 bits per heavy atom. The van der Waals surface area contributed by atoms with E-state index in [4.69, 9.17) is 0 Å². The van der Waals surface area contributed by atoms with Crippen LogP contribution < -0.4 is 5.56 Å². The van der Waals surface area contributed by atoms with Crippen molar-refractivity contribution in [2.75, 3.05) is 6.54 Å². The Morgan fingerprint density at radius 3 is 2.73 bits per heavy atom. The number of hydrogen-bond donors (Lipinski definition) is 0. The lowest BCUT2D eigenvalue weighted by Crippen LogP contribution is -2.51. The number of aromatic nitrogens is 2. The third kappa shape index (κ3) is 3.47. The van der Waals surface area contributed by atoms with Crippen molar-refractivity contribution in [3.8, 4) is 11.1 Å². The van der Waals surface area contributed by atoms with Gasteiger partial charge in [-0.3, -0.25) is 14.2 Å². The van der Waals surface area contributed by atoms with Crippen LogP contribution in [0, 0.1) is 12.8 Å². The van der Waals surface area contributed by atoms with Gasteiger partial charge in [0.05, 0.1) is 11.7 Å². The Kier molecular flexibility index (Phi) is 5.19. The molecular formula is C24H27N3O2S. The molecule has 1 amide bonds. The number of aryl methyl sites for hydroxylation is 1. The van der Waals surface area contributed by atoms with Gasteiger partial charge in [-0.15, -0.1) is 11.3 Å². The van der Waals surface area contributed by atoms with E-state index in [9.17, 15) is 9.59 Å². The summed E-state index contributed by atoms with van der Waals surface area (Å²) in [5.41, 5.74) is 2.97. The van der Waals surface area contributed by atoms with Crippen LogP contribution in [0.15, 0.2) is 40.8 Å². The number of hydrogen-bond acceptors (Lipinski definition) is 4. The topological polar surface area (TPSA) is 55.2 Å². The molecule has 1 aliphatic carbocycles. The van der Waals surface area contributed by atoms with Gasteiger partial charge in [0.2, 0.25) is 5.91 Å². The van der Waals surface area contributed by atoms with E-state index in [0.717, 1.165) is 35.3 Å². The number of nitrogens with zero attached hydrogens (tertiary/aromatic N) is 3. The molecule has 2 aromatic heterocycles. The summed E-state index contributed by atoms with van der Waals surface area (Å²) in [5, 5.41) is 2.61. The van der Waals surface area contributed by atoms with Crippen molar-refractivity contribution >= 4 is 27.5 Å². The summed E-state index contributed by atoms with van der Waals surface area (Å²) in [7, 11) is 0. The van der Waals surface area contributed by atoms with Crippen LogP contribution in [0.2, 0.25) is 0 Å². The van der Waals surface area contributed by atoms with E-state index >= 15 is 0 Å². The quantitative estimate of drug-likeness (QED) is 0.620. The summed E-state index contributed by atoms with van der Waals surface area (Å²) < 4.78 is 1.50. The molecule has 0 bridgehead atoms. The number of carbonyl (C=O) groups is 1. The average molecular weight is 422 g/mol. The molecular weight excluding hydrogens is 394 g/mol. The van der Waals surface area contributed by atoms with E-state index in [-0.39, 0.29) is 18.0 Å². The minimum Gasteiger partial charge on any atom is -0.338 e. The number of amides is 1. The predicted octanol–water partition coefficient (Wildman–Crippen LogP) is 4.61. The molecule has 0 spiro atoms. The van der Waals surface area contributed by atoms with Gasteiger partial charge in [0, 0.05) is 23.5 Å². The molecule has 0 N–H and O–H groups in total. The smallest absolute Gasteiger partial charge is 0.263 e. The minimum absolute atomic E-state index is 0.0574. The monoisotopic (exact) mass is 421 g/mol. The third-order valence-corrected chi connectivity index (χ3v) is 7.68. The SMILES string of the molecule is Cc1ccc(-c2csc3ncn(CC(=O)N4CCC[C@@H]5CCCC[C@@H]54)c(=O)c23)cc1. The Labute approximate surface area is 180 Å². The van der Waals surface area contributed by atoms with Gasteiger partial charge in [0.25, 0.3) is 5.56 Å². The van der Waals surface area contributed by atoms with E-state index in [1.165, 1.54) is 47.2 Å². The molecule has 3 aromatic rings. The van der Waals surface area contributed by atoms with E-state index in [0.29, 0.717) is 17.3 Å². The lowest BCUT2D eigenvalue weighted by atomic mass is 9.78. The van der Waals surface area contributed by atoms with Crippen LogP contribution in [-0.4, -0.2) is 32.9 Å². The van der Waals surface area contributed by atoms with Gasteiger partial charge in [-0.1, -0.05) is 42.7 Å². The molecule has 1 saturated heterocycles. The van der Waals surface area contributed by atoms with Crippen LogP contribution in [-0.2, 0) is 11.3 Å². The highest BCUT2D eigenvalue weighted by Gasteiger charge is 2.35. The third-order valence-electron chi connectivity index (χ3n) is 6.79. The fourth-order valence-electron chi connectivity index (χ4n) is 5.20. The van der Waals surface area contributed by atoms with Gasteiger partial charge >= 0.3 is 0 Å². The zero-order valence-electron chi connectivity index (χ0n) is 17.3. The van der Waals surface area contributed by atoms with Gasteiger partial charge in [0.15, 0.2) is 0 Å². The molecule has 0 radical (unpaired) electrons. The highest BCUT2D eigenvalue weighted by atomic mass is 32.1. The van der Waals surface area contributed by atoms with E-state index in [1.54, 1.807) is 6.33 Å². The number of thiophene rings is 1. The van der Waals surface area contributed by atoms with E-state index < -0.39 is 0 Å². The zero-order chi connectivity index (χ0) is 20.7. The zero-order valence-corrected chi connectivity index (χ0v) is 18.2. The molecule has 6 heteroatoms. The molecule has 5 rings (SSSR count). The van der Waals surface area contributed by atoms with Gasteiger partial charge < -0.3 is 4.90 Å². The predicted molar refractivity (Wildman–Crippen MR) is 121 cm³/mol. The highest BCUT2D eigenvalue weighted by molar-refractivity contribution is 7.17. The van der Waals surface area contributed by atoms with Gasteiger partial charge in [-0.2, -0.15) is 0 Å². The standard InChI is InChI=1S/C24H27N3O2S/c1-16-8-10-17(11-9-16)19-14-30-23-22(19)24(29)26(15-25-23)13-21(28)27-12-4-6-18-5-2-3-7-20(18)27/h8-11,14-15,18,20H,2-7,12-13H2,1H3/t18-,20-/m0/s1. The molecule has 2 fully saturated rings. The second kappa shape index (κ2) is 7.99. The highest BCUT2D eigenvalue weighted by Crippen LogP contribution is 2.35. The maximum absolute atomic E-state index is 13.3. The maximum Gasteiger partial charge on any atom is 0.263 e. The van der Waals surface area contributed by atoms with Gasteiger partial charge in [0.1, 0.15) is 11.4 Å². The minimum atomic E-state index is -0.123. The fourth-order valence-corrected chi connectivity index (χ4v) is 6.10. The number of piperidine rings is 1. The van der Waals surface area contributed by atoms with Crippen molar-refractivity contribution < 1.29 is 4.79 Å². The van der Waals surface area contributed by atoms with E-state index in [2.05, 4.69) is 9.88 Å². The second-order valence-corrected chi connectivity index (χ2v) is 9.57. The van der Waals surface area contributed by atoms with Crippen LogP contribution in [0.3, 0.4) is 0 Å². The molecule has 5 nitrogen and oxygen atoms in total. The molecule has 2 aliphatic rings.